The van der Waals surface area contributed by atoms with Crippen molar-refractivity contribution in [1.82, 2.24) is 4.90 Å². The molecule has 0 saturated carbocycles. The van der Waals surface area contributed by atoms with Gasteiger partial charge in [0.15, 0.2) is 0 Å². The van der Waals surface area contributed by atoms with Crippen molar-refractivity contribution in [2.45, 2.75) is 6.42 Å². The second-order valence-corrected chi connectivity index (χ2v) is 5.65. The van der Waals surface area contributed by atoms with Crippen molar-refractivity contribution in [2.75, 3.05) is 26.8 Å². The van der Waals surface area contributed by atoms with Crippen LogP contribution in [0.3, 0.4) is 0 Å². The lowest BCUT2D eigenvalue weighted by molar-refractivity contribution is 0.0774. The largest absolute Gasteiger partial charge is 0.384 e. The number of benzene rings is 1. The Bertz CT molecular complexity index is 453. The Morgan fingerprint density at radius 3 is 3.06 bits per heavy atom. The van der Waals surface area contributed by atoms with Gasteiger partial charge in [0.2, 0.25) is 0 Å². The van der Waals surface area contributed by atoms with Gasteiger partial charge >= 0.3 is 0 Å². The molecule has 5 heteroatoms. The fourth-order valence-electron chi connectivity index (χ4n) is 2.22. The molecule has 18 heavy (non-hydrogen) atoms. The lowest BCUT2D eigenvalue weighted by Crippen LogP contribution is -2.29. The minimum Gasteiger partial charge on any atom is -0.384 e. The maximum Gasteiger partial charge on any atom is 0.254 e. The Morgan fingerprint density at radius 2 is 2.39 bits per heavy atom. The highest BCUT2D eigenvalue weighted by Gasteiger charge is 2.27. The molecule has 1 unspecified atom stereocenters. The van der Waals surface area contributed by atoms with Crippen molar-refractivity contribution in [1.29, 1.82) is 0 Å². The van der Waals surface area contributed by atoms with E-state index in [1.54, 1.807) is 13.2 Å². The molecule has 0 radical (unpaired) electrons. The molecule has 2 rings (SSSR count). The predicted octanol–water partition coefficient (Wildman–Crippen LogP) is 2.54. The third-order valence-corrected chi connectivity index (χ3v) is 4.03. The maximum atomic E-state index is 13.0. The molecular formula is C13H15FINO2. The minimum absolute atomic E-state index is 0.0157. The molecule has 3 nitrogen and oxygen atoms in total. The van der Waals surface area contributed by atoms with Gasteiger partial charge < -0.3 is 9.64 Å². The summed E-state index contributed by atoms with van der Waals surface area (Å²) >= 11 is 2.00. The quantitative estimate of drug-likeness (QED) is 0.773. The van der Waals surface area contributed by atoms with Crippen LogP contribution in [0.2, 0.25) is 0 Å². The molecule has 1 aliphatic rings. The smallest absolute Gasteiger partial charge is 0.254 e. The first-order chi connectivity index (χ1) is 8.61. The van der Waals surface area contributed by atoms with Gasteiger partial charge in [-0.3, -0.25) is 4.79 Å². The van der Waals surface area contributed by atoms with Crippen LogP contribution in [0.5, 0.6) is 0 Å². The normalized spacial score (nSPS) is 19.3. The van der Waals surface area contributed by atoms with Crippen molar-refractivity contribution in [3.8, 4) is 0 Å². The van der Waals surface area contributed by atoms with Gasteiger partial charge in [-0.15, -0.1) is 0 Å². The number of hydrogen-bond acceptors (Lipinski definition) is 2. The van der Waals surface area contributed by atoms with E-state index in [4.69, 9.17) is 4.74 Å². The summed E-state index contributed by atoms with van der Waals surface area (Å²) in [5, 5.41) is 0. The van der Waals surface area contributed by atoms with E-state index in [-0.39, 0.29) is 11.7 Å². The molecular weight excluding hydrogens is 348 g/mol. The van der Waals surface area contributed by atoms with Gasteiger partial charge in [0, 0.05) is 29.7 Å². The second kappa shape index (κ2) is 5.97. The first-order valence-corrected chi connectivity index (χ1v) is 6.93. The lowest BCUT2D eigenvalue weighted by atomic mass is 10.1. The number of likely N-dealkylation sites (tertiary alicyclic amines) is 1. The zero-order valence-corrected chi connectivity index (χ0v) is 12.3. The van der Waals surface area contributed by atoms with Crippen LogP contribution in [0, 0.1) is 15.3 Å². The number of carbonyl (C=O) groups excluding carboxylic acids is 1. The summed E-state index contributed by atoms with van der Waals surface area (Å²) < 4.78 is 18.8. The van der Waals surface area contributed by atoms with E-state index in [2.05, 4.69) is 0 Å². The fraction of sp³-hybridized carbons (Fsp3) is 0.462. The van der Waals surface area contributed by atoms with E-state index < -0.39 is 0 Å². The zero-order chi connectivity index (χ0) is 13.1. The molecule has 1 aromatic rings. The molecule has 1 atom stereocenters. The molecule has 0 N–H and O–H groups in total. The first-order valence-electron chi connectivity index (χ1n) is 5.85. The number of hydrogen-bond donors (Lipinski definition) is 0. The Balaban J connectivity index is 2.08. The molecule has 0 aromatic heterocycles. The highest BCUT2D eigenvalue weighted by atomic mass is 127. The molecule has 1 heterocycles. The molecule has 1 saturated heterocycles. The monoisotopic (exact) mass is 363 g/mol. The van der Waals surface area contributed by atoms with Crippen molar-refractivity contribution in [3.05, 3.63) is 33.1 Å². The van der Waals surface area contributed by atoms with Crippen LogP contribution < -0.4 is 0 Å². The number of halogens is 2. The van der Waals surface area contributed by atoms with Crippen LogP contribution in [-0.4, -0.2) is 37.6 Å². The number of carbonyl (C=O) groups is 1. The summed E-state index contributed by atoms with van der Waals surface area (Å²) in [5.74, 6) is 0.0877. The number of rotatable bonds is 3. The molecule has 1 aromatic carbocycles. The molecule has 1 aliphatic heterocycles. The van der Waals surface area contributed by atoms with Crippen molar-refractivity contribution >= 4 is 28.5 Å². The van der Waals surface area contributed by atoms with Gasteiger partial charge in [-0.2, -0.15) is 0 Å². The van der Waals surface area contributed by atoms with E-state index in [9.17, 15) is 9.18 Å². The van der Waals surface area contributed by atoms with Crippen LogP contribution in [0.15, 0.2) is 18.2 Å². The third-order valence-electron chi connectivity index (χ3n) is 3.14. The molecule has 0 bridgehead atoms. The average Bonchev–Trinajstić information content (AvgIpc) is 2.77. The summed E-state index contributed by atoms with van der Waals surface area (Å²) in [6, 6.07) is 4.28. The highest BCUT2D eigenvalue weighted by Crippen LogP contribution is 2.21. The van der Waals surface area contributed by atoms with Gasteiger partial charge in [0.25, 0.3) is 5.91 Å². The molecule has 0 aliphatic carbocycles. The Labute approximate surface area is 119 Å². The van der Waals surface area contributed by atoms with Crippen LogP contribution in [-0.2, 0) is 4.74 Å². The number of ether oxygens (including phenoxy) is 1. The van der Waals surface area contributed by atoms with Crippen LogP contribution in [0.1, 0.15) is 16.8 Å². The minimum atomic E-state index is -0.311. The topological polar surface area (TPSA) is 29.5 Å². The van der Waals surface area contributed by atoms with Gasteiger partial charge in [-0.25, -0.2) is 4.39 Å². The van der Waals surface area contributed by atoms with E-state index >= 15 is 0 Å². The van der Waals surface area contributed by atoms with Crippen LogP contribution in [0.4, 0.5) is 4.39 Å². The average molecular weight is 363 g/mol. The van der Waals surface area contributed by atoms with Gasteiger partial charge in [-0.1, -0.05) is 0 Å². The summed E-state index contributed by atoms with van der Waals surface area (Å²) in [5.41, 5.74) is 0.579. The maximum absolute atomic E-state index is 13.0. The first kappa shape index (κ1) is 13.7. The number of nitrogens with zero attached hydrogens (tertiary/aromatic N) is 1. The fourth-order valence-corrected chi connectivity index (χ4v) is 2.93. The highest BCUT2D eigenvalue weighted by molar-refractivity contribution is 14.1. The summed E-state index contributed by atoms with van der Waals surface area (Å²) in [4.78, 5) is 14.1. The SMILES string of the molecule is COCC1CCN(C(=O)c2ccc(F)cc2I)C1. The van der Waals surface area contributed by atoms with Crippen LogP contribution >= 0.6 is 22.6 Å². The van der Waals surface area contributed by atoms with E-state index in [0.29, 0.717) is 21.7 Å². The van der Waals surface area contributed by atoms with Crippen LogP contribution in [0.25, 0.3) is 0 Å². The predicted molar refractivity (Wildman–Crippen MR) is 75.0 cm³/mol. The molecule has 1 fully saturated rings. The summed E-state index contributed by atoms with van der Waals surface area (Å²) in [6.07, 6.45) is 0.970. The third kappa shape index (κ3) is 3.00. The van der Waals surface area contributed by atoms with Gasteiger partial charge in [0.05, 0.1) is 12.2 Å². The van der Waals surface area contributed by atoms with Crippen molar-refractivity contribution < 1.29 is 13.9 Å². The lowest BCUT2D eigenvalue weighted by Gasteiger charge is -2.17. The van der Waals surface area contributed by atoms with E-state index in [1.165, 1.54) is 12.1 Å². The molecule has 0 spiro atoms. The Hall–Kier alpha value is -0.690. The van der Waals surface area contributed by atoms with E-state index in [1.807, 2.05) is 27.5 Å². The number of methoxy groups -OCH3 is 1. The van der Waals surface area contributed by atoms with Crippen molar-refractivity contribution in [2.24, 2.45) is 5.92 Å². The molecule has 1 amide bonds. The van der Waals surface area contributed by atoms with Gasteiger partial charge in [-0.05, 0) is 47.2 Å². The summed E-state index contributed by atoms with van der Waals surface area (Å²) in [6.45, 7) is 2.16. The van der Waals surface area contributed by atoms with Gasteiger partial charge in [0.1, 0.15) is 5.82 Å². The summed E-state index contributed by atoms with van der Waals surface area (Å²) in [7, 11) is 1.67. The second-order valence-electron chi connectivity index (χ2n) is 4.49. The van der Waals surface area contributed by atoms with E-state index in [0.717, 1.165) is 19.5 Å². The zero-order valence-electron chi connectivity index (χ0n) is 10.2. The number of amides is 1. The Morgan fingerprint density at radius 1 is 1.61 bits per heavy atom. The molecule has 98 valence electrons. The van der Waals surface area contributed by atoms with Crippen molar-refractivity contribution in [3.63, 3.8) is 0 Å². The Kier molecular flexibility index (Phi) is 4.55. The standard InChI is InChI=1S/C13H15FINO2/c1-18-8-9-4-5-16(7-9)13(17)11-3-2-10(14)6-12(11)15/h2-3,6,9H,4-5,7-8H2,1H3.